The van der Waals surface area contributed by atoms with E-state index in [2.05, 4.69) is 79.0 Å². The second-order valence-electron chi connectivity index (χ2n) is 6.64. The Balaban J connectivity index is 1.77. The van der Waals surface area contributed by atoms with E-state index < -0.39 is 0 Å². The lowest BCUT2D eigenvalue weighted by atomic mass is 9.99. The van der Waals surface area contributed by atoms with Gasteiger partial charge in [0.2, 0.25) is 0 Å². The van der Waals surface area contributed by atoms with E-state index in [0.29, 0.717) is 5.92 Å². The molecule has 0 fully saturated rings. The van der Waals surface area contributed by atoms with Gasteiger partial charge in [0.25, 0.3) is 0 Å². The molecule has 3 heteroatoms. The number of nitrogens with zero attached hydrogens (tertiary/aromatic N) is 2. The molecule has 26 heavy (non-hydrogen) atoms. The molecule has 1 aromatic heterocycles. The quantitative estimate of drug-likeness (QED) is 0.498. The lowest BCUT2D eigenvalue weighted by Crippen LogP contribution is -1.94. The van der Waals surface area contributed by atoms with E-state index in [9.17, 15) is 0 Å². The highest BCUT2D eigenvalue weighted by Crippen LogP contribution is 2.22. The van der Waals surface area contributed by atoms with Gasteiger partial charge in [-0.05, 0) is 67.3 Å². The average molecular weight is 346 g/mol. The Kier molecular flexibility index (Phi) is 5.57. The molecule has 0 aliphatic heterocycles. The summed E-state index contributed by atoms with van der Waals surface area (Å²) in [4.78, 5) is 4.62. The molecular formula is C23H26N2O. The number of rotatable bonds is 6. The Morgan fingerprint density at radius 2 is 1.77 bits per heavy atom. The van der Waals surface area contributed by atoms with Crippen LogP contribution >= 0.6 is 0 Å². The summed E-state index contributed by atoms with van der Waals surface area (Å²) < 4.78 is 7.39. The number of aromatic nitrogens is 1. The molecule has 1 heterocycles. The molecule has 0 saturated carbocycles. The Morgan fingerprint density at radius 1 is 1.08 bits per heavy atom. The maximum absolute atomic E-state index is 5.23. The van der Waals surface area contributed by atoms with Crippen LogP contribution in [0.15, 0.2) is 65.8 Å². The van der Waals surface area contributed by atoms with Crippen molar-refractivity contribution in [1.82, 2.24) is 4.57 Å². The van der Waals surface area contributed by atoms with Crippen molar-refractivity contribution in [2.45, 2.75) is 33.1 Å². The molecule has 3 rings (SSSR count). The Hall–Kier alpha value is -2.81. The topological polar surface area (TPSA) is 26.5 Å². The first-order chi connectivity index (χ1) is 12.6. The summed E-state index contributed by atoms with van der Waals surface area (Å²) in [5.41, 5.74) is 5.72. The molecule has 0 aliphatic rings. The second kappa shape index (κ2) is 8.05. The molecule has 1 atom stereocenters. The molecule has 0 radical (unpaired) electrons. The summed E-state index contributed by atoms with van der Waals surface area (Å²) in [6, 6.07) is 18.7. The lowest BCUT2D eigenvalue weighted by Gasteiger charge is -2.08. The van der Waals surface area contributed by atoms with Gasteiger partial charge in [0.15, 0.2) is 0 Å². The summed E-state index contributed by atoms with van der Waals surface area (Å²) >= 11 is 0. The fourth-order valence-electron chi connectivity index (χ4n) is 2.96. The van der Waals surface area contributed by atoms with E-state index in [-0.39, 0.29) is 0 Å². The van der Waals surface area contributed by atoms with Gasteiger partial charge in [-0.1, -0.05) is 26.0 Å². The van der Waals surface area contributed by atoms with Gasteiger partial charge in [-0.2, -0.15) is 0 Å². The van der Waals surface area contributed by atoms with Crippen molar-refractivity contribution in [3.63, 3.8) is 0 Å². The molecule has 3 nitrogen and oxygen atoms in total. The largest absolute Gasteiger partial charge is 0.497 e. The van der Waals surface area contributed by atoms with Gasteiger partial charge in [0.05, 0.1) is 12.8 Å². The van der Waals surface area contributed by atoms with Crippen LogP contribution in [-0.4, -0.2) is 17.9 Å². The van der Waals surface area contributed by atoms with E-state index in [1.807, 2.05) is 18.3 Å². The maximum Gasteiger partial charge on any atom is 0.119 e. The first kappa shape index (κ1) is 18.0. The van der Waals surface area contributed by atoms with E-state index in [4.69, 9.17) is 4.74 Å². The fourth-order valence-corrected chi connectivity index (χ4v) is 2.96. The number of methoxy groups -OCH3 is 1. The van der Waals surface area contributed by atoms with E-state index in [1.54, 1.807) is 7.11 Å². The average Bonchev–Trinajstić information content (AvgIpc) is 3.07. The zero-order valence-electron chi connectivity index (χ0n) is 15.9. The van der Waals surface area contributed by atoms with Gasteiger partial charge in [-0.15, -0.1) is 0 Å². The van der Waals surface area contributed by atoms with Crippen LogP contribution in [0.25, 0.3) is 5.69 Å². The normalized spacial score (nSPS) is 12.5. The van der Waals surface area contributed by atoms with Crippen molar-refractivity contribution in [2.24, 2.45) is 4.99 Å². The van der Waals surface area contributed by atoms with Crippen LogP contribution in [0.2, 0.25) is 0 Å². The number of hydrogen-bond donors (Lipinski definition) is 0. The van der Waals surface area contributed by atoms with E-state index in [1.165, 1.54) is 11.3 Å². The predicted molar refractivity (Wildman–Crippen MR) is 109 cm³/mol. The maximum atomic E-state index is 5.23. The Morgan fingerprint density at radius 3 is 2.38 bits per heavy atom. The van der Waals surface area contributed by atoms with Crippen molar-refractivity contribution >= 4 is 11.9 Å². The predicted octanol–water partition coefficient (Wildman–Crippen LogP) is 6.06. The molecule has 3 aromatic rings. The lowest BCUT2D eigenvalue weighted by molar-refractivity contribution is 0.414. The van der Waals surface area contributed by atoms with Crippen molar-refractivity contribution in [1.29, 1.82) is 0 Å². The zero-order chi connectivity index (χ0) is 18.5. The SMILES string of the molecule is CCC(C)c1ccc(N=Cc2cc(C)n(-c3ccc(OC)cc3)c2)cc1. The third-order valence-corrected chi connectivity index (χ3v) is 4.82. The molecule has 0 saturated heterocycles. The standard InChI is InChI=1S/C23H26N2O/c1-5-17(2)20-6-8-21(9-7-20)24-15-19-14-18(3)25(16-19)22-10-12-23(26-4)13-11-22/h6-17H,5H2,1-4H3. The second-order valence-corrected chi connectivity index (χ2v) is 6.64. The van der Waals surface area contributed by atoms with Crippen molar-refractivity contribution in [3.8, 4) is 11.4 Å². The molecular weight excluding hydrogens is 320 g/mol. The molecule has 0 spiro atoms. The molecule has 1 unspecified atom stereocenters. The number of hydrogen-bond acceptors (Lipinski definition) is 2. The number of ether oxygens (including phenoxy) is 1. The highest BCUT2D eigenvalue weighted by atomic mass is 16.5. The van der Waals surface area contributed by atoms with Crippen LogP contribution in [0.3, 0.4) is 0 Å². The Bertz CT molecular complexity index is 874. The molecule has 0 aliphatic carbocycles. The van der Waals surface area contributed by atoms with Gasteiger partial charge in [-0.25, -0.2) is 0 Å². The smallest absolute Gasteiger partial charge is 0.119 e. The molecule has 134 valence electrons. The summed E-state index contributed by atoms with van der Waals surface area (Å²) in [5.74, 6) is 1.45. The summed E-state index contributed by atoms with van der Waals surface area (Å²) in [5, 5.41) is 0. The number of benzene rings is 2. The van der Waals surface area contributed by atoms with E-state index in [0.717, 1.165) is 29.1 Å². The molecule has 0 bridgehead atoms. The van der Waals surface area contributed by atoms with Crippen LogP contribution in [0.5, 0.6) is 5.75 Å². The third-order valence-electron chi connectivity index (χ3n) is 4.82. The summed E-state index contributed by atoms with van der Waals surface area (Å²) in [7, 11) is 1.68. The first-order valence-corrected chi connectivity index (χ1v) is 9.08. The highest BCUT2D eigenvalue weighted by molar-refractivity contribution is 5.82. The number of aliphatic imine (C=N–C) groups is 1. The Labute approximate surface area is 156 Å². The van der Waals surface area contributed by atoms with Gasteiger partial charge in [0, 0.05) is 29.4 Å². The summed E-state index contributed by atoms with van der Waals surface area (Å²) in [6.07, 6.45) is 5.18. The minimum absolute atomic E-state index is 0.592. The first-order valence-electron chi connectivity index (χ1n) is 9.08. The van der Waals surface area contributed by atoms with Crippen LogP contribution in [0.4, 0.5) is 5.69 Å². The van der Waals surface area contributed by atoms with Crippen LogP contribution < -0.4 is 4.74 Å². The number of aryl methyl sites for hydroxylation is 1. The van der Waals surface area contributed by atoms with Gasteiger partial charge in [0.1, 0.15) is 5.75 Å². The highest BCUT2D eigenvalue weighted by Gasteiger charge is 2.04. The minimum atomic E-state index is 0.592. The van der Waals surface area contributed by atoms with E-state index >= 15 is 0 Å². The molecule has 0 N–H and O–H groups in total. The fraction of sp³-hybridized carbons (Fsp3) is 0.261. The molecule has 0 amide bonds. The monoisotopic (exact) mass is 346 g/mol. The van der Waals surface area contributed by atoms with Crippen molar-refractivity contribution in [3.05, 3.63) is 77.6 Å². The van der Waals surface area contributed by atoms with Crippen LogP contribution in [0.1, 0.15) is 43.0 Å². The van der Waals surface area contributed by atoms with Gasteiger partial charge in [-0.3, -0.25) is 4.99 Å². The van der Waals surface area contributed by atoms with Crippen LogP contribution in [-0.2, 0) is 0 Å². The van der Waals surface area contributed by atoms with Gasteiger partial charge >= 0.3 is 0 Å². The summed E-state index contributed by atoms with van der Waals surface area (Å²) in [6.45, 7) is 6.57. The van der Waals surface area contributed by atoms with Gasteiger partial charge < -0.3 is 9.30 Å². The zero-order valence-corrected chi connectivity index (χ0v) is 15.9. The minimum Gasteiger partial charge on any atom is -0.497 e. The van der Waals surface area contributed by atoms with Crippen molar-refractivity contribution in [2.75, 3.05) is 7.11 Å². The molecule has 2 aromatic carbocycles. The van der Waals surface area contributed by atoms with Crippen LogP contribution in [0, 0.1) is 6.92 Å². The van der Waals surface area contributed by atoms with Crippen molar-refractivity contribution < 1.29 is 4.74 Å². The third kappa shape index (κ3) is 4.05.